The number of hydrogen-bond donors (Lipinski definition) is 1. The predicted octanol–water partition coefficient (Wildman–Crippen LogP) is 2.24. The molecule has 1 aromatic carbocycles. The van der Waals surface area contributed by atoms with Crippen molar-refractivity contribution in [2.45, 2.75) is 25.5 Å². The molecule has 1 aliphatic carbocycles. The topological polar surface area (TPSA) is 39.7 Å². The van der Waals surface area contributed by atoms with E-state index in [2.05, 4.69) is 11.9 Å². The minimum atomic E-state index is 0.309. The van der Waals surface area contributed by atoms with Crippen LogP contribution in [-0.4, -0.2) is 26.0 Å². The molecule has 102 valence electrons. The van der Waals surface area contributed by atoms with Gasteiger partial charge in [-0.25, -0.2) is 0 Å². The van der Waals surface area contributed by atoms with E-state index in [9.17, 15) is 0 Å². The summed E-state index contributed by atoms with van der Waals surface area (Å²) in [6.07, 6.45) is 2.59. The molecule has 1 fully saturated rings. The number of fused-ring (bicyclic) bond motifs is 1. The minimum absolute atomic E-state index is 0.309. The average Bonchev–Trinajstić information content (AvgIpc) is 3.13. The second-order valence-electron chi connectivity index (χ2n) is 5.09. The van der Waals surface area contributed by atoms with E-state index in [4.69, 9.17) is 14.2 Å². The molecular formula is C15H19NO3. The lowest BCUT2D eigenvalue weighted by Crippen LogP contribution is -2.20. The van der Waals surface area contributed by atoms with Crippen LogP contribution in [0.25, 0.3) is 0 Å². The van der Waals surface area contributed by atoms with Crippen LogP contribution in [0.1, 0.15) is 18.4 Å². The largest absolute Gasteiger partial charge is 0.454 e. The molecule has 0 atom stereocenters. The summed E-state index contributed by atoms with van der Waals surface area (Å²) < 4.78 is 16.3. The molecule has 4 heteroatoms. The smallest absolute Gasteiger partial charge is 0.231 e. The summed E-state index contributed by atoms with van der Waals surface area (Å²) in [6, 6.07) is 6.60. The van der Waals surface area contributed by atoms with Gasteiger partial charge < -0.3 is 19.5 Å². The highest BCUT2D eigenvalue weighted by atomic mass is 16.7. The van der Waals surface area contributed by atoms with Crippen LogP contribution in [0.15, 0.2) is 30.4 Å². The predicted molar refractivity (Wildman–Crippen MR) is 72.4 cm³/mol. The molecule has 19 heavy (non-hydrogen) atoms. The van der Waals surface area contributed by atoms with Crippen LogP contribution >= 0.6 is 0 Å². The number of ether oxygens (including phenoxy) is 3. The van der Waals surface area contributed by atoms with E-state index in [0.717, 1.165) is 29.2 Å². The standard InChI is InChI=1S/C15H19NO3/c1-11(7-16-13-3-4-13)8-17-9-12-2-5-14-15(6-12)19-10-18-14/h2,5-6,13,16H,1,3-4,7-10H2. The highest BCUT2D eigenvalue weighted by Gasteiger charge is 2.20. The quantitative estimate of drug-likeness (QED) is 0.764. The van der Waals surface area contributed by atoms with Gasteiger partial charge in [0.25, 0.3) is 0 Å². The van der Waals surface area contributed by atoms with Crippen LogP contribution in [0.5, 0.6) is 11.5 Å². The SMILES string of the molecule is C=C(CNC1CC1)COCc1ccc2c(c1)OCO2. The monoisotopic (exact) mass is 261 g/mol. The lowest BCUT2D eigenvalue weighted by Gasteiger charge is -2.08. The lowest BCUT2D eigenvalue weighted by molar-refractivity contribution is 0.141. The summed E-state index contributed by atoms with van der Waals surface area (Å²) in [5, 5.41) is 3.42. The van der Waals surface area contributed by atoms with Crippen molar-refractivity contribution >= 4 is 0 Å². The highest BCUT2D eigenvalue weighted by molar-refractivity contribution is 5.44. The first-order valence-corrected chi connectivity index (χ1v) is 6.67. The number of nitrogens with one attached hydrogen (secondary N) is 1. The molecule has 0 saturated heterocycles. The summed E-state index contributed by atoms with van der Waals surface area (Å²) in [4.78, 5) is 0. The zero-order valence-electron chi connectivity index (χ0n) is 11.0. The summed E-state index contributed by atoms with van der Waals surface area (Å²) in [5.74, 6) is 1.61. The summed E-state index contributed by atoms with van der Waals surface area (Å²) >= 11 is 0. The molecule has 1 N–H and O–H groups in total. The first kappa shape index (κ1) is 12.5. The second kappa shape index (κ2) is 5.63. The Morgan fingerprint density at radius 1 is 1.32 bits per heavy atom. The number of rotatable bonds is 7. The number of benzene rings is 1. The van der Waals surface area contributed by atoms with Crippen molar-refractivity contribution in [3.8, 4) is 11.5 Å². The zero-order chi connectivity index (χ0) is 13.1. The molecule has 2 aliphatic rings. The van der Waals surface area contributed by atoms with Crippen molar-refractivity contribution in [2.75, 3.05) is 19.9 Å². The van der Waals surface area contributed by atoms with Gasteiger partial charge in [-0.05, 0) is 36.1 Å². The molecule has 0 bridgehead atoms. The highest BCUT2D eigenvalue weighted by Crippen LogP contribution is 2.32. The fourth-order valence-corrected chi connectivity index (χ4v) is 1.97. The first-order valence-electron chi connectivity index (χ1n) is 6.67. The van der Waals surface area contributed by atoms with E-state index >= 15 is 0 Å². The van der Waals surface area contributed by atoms with Crippen molar-refractivity contribution in [1.29, 1.82) is 0 Å². The van der Waals surface area contributed by atoms with Gasteiger partial charge in [-0.1, -0.05) is 12.6 Å². The van der Waals surface area contributed by atoms with Crippen LogP contribution in [-0.2, 0) is 11.3 Å². The maximum absolute atomic E-state index is 5.66. The van der Waals surface area contributed by atoms with Crippen molar-refractivity contribution in [1.82, 2.24) is 5.32 Å². The summed E-state index contributed by atoms with van der Waals surface area (Å²) in [7, 11) is 0. The van der Waals surface area contributed by atoms with Gasteiger partial charge in [0.1, 0.15) is 0 Å². The van der Waals surface area contributed by atoms with Crippen molar-refractivity contribution in [2.24, 2.45) is 0 Å². The maximum atomic E-state index is 5.66. The second-order valence-corrected chi connectivity index (χ2v) is 5.09. The van der Waals surface area contributed by atoms with Gasteiger partial charge in [-0.15, -0.1) is 0 Å². The van der Waals surface area contributed by atoms with Crippen LogP contribution in [0.4, 0.5) is 0 Å². The van der Waals surface area contributed by atoms with Crippen molar-refractivity contribution < 1.29 is 14.2 Å². The van der Waals surface area contributed by atoms with Crippen LogP contribution in [0.3, 0.4) is 0 Å². The van der Waals surface area contributed by atoms with E-state index in [0.29, 0.717) is 26.0 Å². The molecule has 0 radical (unpaired) electrons. The van der Waals surface area contributed by atoms with Crippen LogP contribution in [0, 0.1) is 0 Å². The molecule has 0 spiro atoms. The summed E-state index contributed by atoms with van der Waals surface area (Å²) in [6.45, 7) is 6.33. The lowest BCUT2D eigenvalue weighted by atomic mass is 10.2. The Bertz CT molecular complexity index is 468. The van der Waals surface area contributed by atoms with Gasteiger partial charge in [0.2, 0.25) is 6.79 Å². The first-order chi connectivity index (χ1) is 9.31. The van der Waals surface area contributed by atoms with Gasteiger partial charge in [-0.3, -0.25) is 0 Å². The maximum Gasteiger partial charge on any atom is 0.231 e. The van der Waals surface area contributed by atoms with Gasteiger partial charge in [0, 0.05) is 12.6 Å². The molecule has 4 nitrogen and oxygen atoms in total. The molecular weight excluding hydrogens is 242 g/mol. The Labute approximate surface area is 113 Å². The summed E-state index contributed by atoms with van der Waals surface area (Å²) in [5.41, 5.74) is 2.18. The molecule has 3 rings (SSSR count). The Balaban J connectivity index is 1.40. The molecule has 1 aromatic rings. The van der Waals surface area contributed by atoms with Crippen LogP contribution in [0.2, 0.25) is 0 Å². The van der Waals surface area contributed by atoms with Gasteiger partial charge >= 0.3 is 0 Å². The molecule has 1 saturated carbocycles. The molecule has 1 heterocycles. The van der Waals surface area contributed by atoms with E-state index in [1.807, 2.05) is 18.2 Å². The fraction of sp³-hybridized carbons (Fsp3) is 0.467. The Hall–Kier alpha value is -1.52. The Morgan fingerprint density at radius 3 is 3.00 bits per heavy atom. The third-order valence-corrected chi connectivity index (χ3v) is 3.23. The van der Waals surface area contributed by atoms with Gasteiger partial charge in [0.15, 0.2) is 11.5 Å². The van der Waals surface area contributed by atoms with Gasteiger partial charge in [0.05, 0.1) is 13.2 Å². The third kappa shape index (κ3) is 3.49. The zero-order valence-corrected chi connectivity index (χ0v) is 11.0. The molecule has 0 amide bonds. The van der Waals surface area contributed by atoms with Crippen LogP contribution < -0.4 is 14.8 Å². The molecule has 0 unspecified atom stereocenters. The minimum Gasteiger partial charge on any atom is -0.454 e. The van der Waals surface area contributed by atoms with E-state index in [-0.39, 0.29) is 0 Å². The Kier molecular flexibility index (Phi) is 3.71. The Morgan fingerprint density at radius 2 is 2.16 bits per heavy atom. The molecule has 0 aromatic heterocycles. The van der Waals surface area contributed by atoms with E-state index in [1.54, 1.807) is 0 Å². The normalized spacial score (nSPS) is 16.6. The van der Waals surface area contributed by atoms with Gasteiger partial charge in [-0.2, -0.15) is 0 Å². The van der Waals surface area contributed by atoms with Crippen molar-refractivity contribution in [3.63, 3.8) is 0 Å². The van der Waals surface area contributed by atoms with E-state index < -0.39 is 0 Å². The number of hydrogen-bond acceptors (Lipinski definition) is 4. The average molecular weight is 261 g/mol. The van der Waals surface area contributed by atoms with E-state index in [1.165, 1.54) is 12.8 Å². The third-order valence-electron chi connectivity index (χ3n) is 3.23. The molecule has 1 aliphatic heterocycles. The fourth-order valence-electron chi connectivity index (χ4n) is 1.97. The van der Waals surface area contributed by atoms with Crippen molar-refractivity contribution in [3.05, 3.63) is 35.9 Å².